The molecule has 2 N–H and O–H groups in total. The zero-order chi connectivity index (χ0) is 19.3. The number of aromatic nitrogens is 4. The van der Waals surface area contributed by atoms with Crippen molar-refractivity contribution in [3.63, 3.8) is 0 Å². The van der Waals surface area contributed by atoms with E-state index >= 15 is 0 Å². The molecule has 1 saturated heterocycles. The molecule has 1 aliphatic heterocycles. The molecule has 4 rings (SSSR count). The first-order chi connectivity index (χ1) is 13.8. The van der Waals surface area contributed by atoms with Crippen molar-refractivity contribution in [2.24, 2.45) is 0 Å². The second-order valence-corrected chi connectivity index (χ2v) is 8.32. The van der Waals surface area contributed by atoms with Gasteiger partial charge in [0, 0.05) is 5.56 Å². The van der Waals surface area contributed by atoms with Crippen molar-refractivity contribution in [3.8, 4) is 5.75 Å². The van der Waals surface area contributed by atoms with E-state index in [1.165, 1.54) is 50.8 Å². The number of hydrogen-bond acceptors (Lipinski definition) is 4. The fourth-order valence-corrected chi connectivity index (χ4v) is 4.75. The third-order valence-corrected chi connectivity index (χ3v) is 6.38. The molecule has 2 heterocycles. The van der Waals surface area contributed by atoms with Crippen LogP contribution in [0.15, 0.2) is 24.3 Å². The third-order valence-electron chi connectivity index (χ3n) is 6.38. The van der Waals surface area contributed by atoms with Crippen LogP contribution in [0.1, 0.15) is 62.5 Å². The van der Waals surface area contributed by atoms with Crippen LogP contribution in [0.5, 0.6) is 5.75 Å². The molecule has 1 saturated carbocycles. The maximum Gasteiger partial charge on any atom is 0.214 e. The minimum Gasteiger partial charge on any atom is -0.494 e. The average Bonchev–Trinajstić information content (AvgIpc) is 3.21. The standard InChI is InChI=1S/C21H32N6O/c1-3-28-19-11-9-17(10-12-19)20(26-15-13-25(2)14-16-26)21-22-23-24-27(21)18-7-5-4-6-8-18/h9-12,18,20H,3-8,13-16H2,1-2H3/p+2/t20-/m0/s1. The predicted octanol–water partition coefficient (Wildman–Crippen LogP) is 0.0796. The van der Waals surface area contributed by atoms with Crippen molar-refractivity contribution in [1.82, 2.24) is 20.2 Å². The molecule has 1 aromatic heterocycles. The summed E-state index contributed by atoms with van der Waals surface area (Å²) in [6.45, 7) is 7.37. The first kappa shape index (κ1) is 19.3. The first-order valence-corrected chi connectivity index (χ1v) is 10.9. The van der Waals surface area contributed by atoms with Gasteiger partial charge in [0.1, 0.15) is 31.9 Å². The highest BCUT2D eigenvalue weighted by Crippen LogP contribution is 2.30. The number of quaternary nitrogens is 2. The molecule has 152 valence electrons. The van der Waals surface area contributed by atoms with Crippen molar-refractivity contribution in [2.45, 2.75) is 51.1 Å². The van der Waals surface area contributed by atoms with Crippen LogP contribution in [0, 0.1) is 0 Å². The Labute approximate surface area is 167 Å². The second kappa shape index (κ2) is 9.01. The Hall–Kier alpha value is -1.99. The molecule has 7 nitrogen and oxygen atoms in total. The van der Waals surface area contributed by atoms with Crippen molar-refractivity contribution in [2.75, 3.05) is 39.8 Å². The summed E-state index contributed by atoms with van der Waals surface area (Å²) in [6, 6.07) is 9.20. The van der Waals surface area contributed by atoms with Crippen LogP contribution in [0.25, 0.3) is 0 Å². The SMILES string of the molecule is CCOc1ccc([C@@H](c2nnnn2C2CCCCC2)[NH+]2CC[NH+](C)CC2)cc1. The van der Waals surface area contributed by atoms with E-state index in [0.717, 1.165) is 24.7 Å². The van der Waals surface area contributed by atoms with Crippen LogP contribution in [-0.4, -0.2) is 60.0 Å². The van der Waals surface area contributed by atoms with E-state index in [0.29, 0.717) is 12.6 Å². The molecule has 1 aromatic carbocycles. The van der Waals surface area contributed by atoms with Crippen molar-refractivity contribution in [1.29, 1.82) is 0 Å². The van der Waals surface area contributed by atoms with Gasteiger partial charge in [-0.1, -0.05) is 19.3 Å². The van der Waals surface area contributed by atoms with Crippen LogP contribution in [0.4, 0.5) is 0 Å². The smallest absolute Gasteiger partial charge is 0.214 e. The van der Waals surface area contributed by atoms with Gasteiger partial charge in [-0.15, -0.1) is 5.10 Å². The summed E-state index contributed by atoms with van der Waals surface area (Å²) >= 11 is 0. The minimum atomic E-state index is 0.181. The average molecular weight is 387 g/mol. The topological polar surface area (TPSA) is 61.7 Å². The summed E-state index contributed by atoms with van der Waals surface area (Å²) in [7, 11) is 2.29. The van der Waals surface area contributed by atoms with E-state index in [1.54, 1.807) is 9.80 Å². The van der Waals surface area contributed by atoms with Gasteiger partial charge < -0.3 is 14.5 Å². The Morgan fingerprint density at radius 3 is 2.46 bits per heavy atom. The molecule has 0 radical (unpaired) electrons. The Balaban J connectivity index is 1.66. The third kappa shape index (κ3) is 4.20. The molecule has 0 unspecified atom stereocenters. The minimum absolute atomic E-state index is 0.181. The maximum atomic E-state index is 5.65. The van der Waals surface area contributed by atoms with E-state index < -0.39 is 0 Å². The van der Waals surface area contributed by atoms with Gasteiger partial charge in [0.15, 0.2) is 6.04 Å². The number of benzene rings is 1. The molecule has 2 fully saturated rings. The molecule has 2 aromatic rings. The summed E-state index contributed by atoms with van der Waals surface area (Å²) in [5, 5.41) is 13.1. The highest BCUT2D eigenvalue weighted by atomic mass is 16.5. The number of hydrogen-bond donors (Lipinski definition) is 2. The summed E-state index contributed by atoms with van der Waals surface area (Å²) in [5.41, 5.74) is 1.28. The summed E-state index contributed by atoms with van der Waals surface area (Å²) in [6.07, 6.45) is 6.28. The van der Waals surface area contributed by atoms with E-state index in [-0.39, 0.29) is 6.04 Å². The maximum absolute atomic E-state index is 5.65. The van der Waals surface area contributed by atoms with E-state index in [9.17, 15) is 0 Å². The van der Waals surface area contributed by atoms with Crippen molar-refractivity contribution in [3.05, 3.63) is 35.7 Å². The van der Waals surface area contributed by atoms with Gasteiger partial charge >= 0.3 is 0 Å². The Kier molecular flexibility index (Phi) is 6.22. The second-order valence-electron chi connectivity index (χ2n) is 8.32. The van der Waals surface area contributed by atoms with Gasteiger partial charge in [0.05, 0.1) is 19.7 Å². The number of ether oxygens (including phenoxy) is 1. The van der Waals surface area contributed by atoms with Crippen LogP contribution in [-0.2, 0) is 0 Å². The van der Waals surface area contributed by atoms with Gasteiger partial charge in [-0.2, -0.15) is 0 Å². The molecule has 28 heavy (non-hydrogen) atoms. The molecular weight excluding hydrogens is 352 g/mol. The number of tetrazole rings is 1. The van der Waals surface area contributed by atoms with E-state index in [4.69, 9.17) is 4.74 Å². The largest absolute Gasteiger partial charge is 0.494 e. The zero-order valence-corrected chi connectivity index (χ0v) is 17.2. The van der Waals surface area contributed by atoms with Gasteiger partial charge in [-0.05, 0) is 54.5 Å². The number of rotatable bonds is 6. The molecule has 0 spiro atoms. The molecule has 0 bridgehead atoms. The molecule has 1 aliphatic carbocycles. The van der Waals surface area contributed by atoms with E-state index in [1.807, 2.05) is 6.92 Å². The lowest BCUT2D eigenvalue weighted by atomic mass is 9.95. The highest BCUT2D eigenvalue weighted by Gasteiger charge is 2.36. The van der Waals surface area contributed by atoms with Gasteiger partial charge in [-0.3, -0.25) is 0 Å². The Morgan fingerprint density at radius 1 is 1.07 bits per heavy atom. The summed E-state index contributed by atoms with van der Waals surface area (Å²) in [4.78, 5) is 3.18. The molecular formula is C21H34N6O+2. The molecule has 1 atom stereocenters. The normalized spacial score (nSPS) is 24.8. The van der Waals surface area contributed by atoms with E-state index in [2.05, 4.69) is 51.5 Å². The Morgan fingerprint density at radius 2 is 1.79 bits per heavy atom. The van der Waals surface area contributed by atoms with Crippen molar-refractivity contribution < 1.29 is 14.5 Å². The van der Waals surface area contributed by atoms with Crippen LogP contribution >= 0.6 is 0 Å². The quantitative estimate of drug-likeness (QED) is 0.738. The van der Waals surface area contributed by atoms with Gasteiger partial charge in [0.2, 0.25) is 5.82 Å². The first-order valence-electron chi connectivity index (χ1n) is 10.9. The highest BCUT2D eigenvalue weighted by molar-refractivity contribution is 5.30. The fourth-order valence-electron chi connectivity index (χ4n) is 4.75. The van der Waals surface area contributed by atoms with Gasteiger partial charge in [0.25, 0.3) is 0 Å². The summed E-state index contributed by atoms with van der Waals surface area (Å²) in [5.74, 6) is 1.96. The molecule has 2 aliphatic rings. The zero-order valence-electron chi connectivity index (χ0n) is 17.2. The molecule has 0 amide bonds. The number of likely N-dealkylation sites (N-methyl/N-ethyl adjacent to an activating group) is 1. The van der Waals surface area contributed by atoms with Gasteiger partial charge in [-0.25, -0.2) is 4.68 Å². The number of piperazine rings is 1. The lowest BCUT2D eigenvalue weighted by molar-refractivity contribution is -1.02. The Bertz CT molecular complexity index is 732. The lowest BCUT2D eigenvalue weighted by Crippen LogP contribution is -3.27. The van der Waals surface area contributed by atoms with Crippen LogP contribution < -0.4 is 14.5 Å². The predicted molar refractivity (Wildman–Crippen MR) is 107 cm³/mol. The summed E-state index contributed by atoms with van der Waals surface area (Å²) < 4.78 is 7.81. The molecule has 7 heteroatoms. The number of nitrogens with one attached hydrogen (secondary N) is 2. The monoisotopic (exact) mass is 386 g/mol. The number of nitrogens with zero attached hydrogens (tertiary/aromatic N) is 4. The van der Waals surface area contributed by atoms with Crippen LogP contribution in [0.2, 0.25) is 0 Å². The fraction of sp³-hybridized carbons (Fsp3) is 0.667. The van der Waals surface area contributed by atoms with Crippen LogP contribution in [0.3, 0.4) is 0 Å². The van der Waals surface area contributed by atoms with Crippen molar-refractivity contribution >= 4 is 0 Å². The lowest BCUT2D eigenvalue weighted by Gasteiger charge is -2.33.